The molecule has 2 aliphatic heterocycles. The molecule has 0 N–H and O–H groups in total. The lowest BCUT2D eigenvalue weighted by atomic mass is 9.87. The van der Waals surface area contributed by atoms with Crippen molar-refractivity contribution in [1.82, 2.24) is 4.90 Å². The summed E-state index contributed by atoms with van der Waals surface area (Å²) >= 11 is 2.00. The largest absolute Gasteiger partial charge is 0.291 e. The number of thiophene rings is 1. The van der Waals surface area contributed by atoms with Crippen LogP contribution in [0.2, 0.25) is 0 Å². The molecule has 2 aliphatic rings. The molecule has 114 valence electrons. The number of hydrogen-bond acceptors (Lipinski definition) is 2. The molecule has 2 aromatic carbocycles. The van der Waals surface area contributed by atoms with Gasteiger partial charge in [-0.1, -0.05) is 54.6 Å². The van der Waals surface area contributed by atoms with Crippen molar-refractivity contribution in [3.8, 4) is 10.4 Å². The SMILES string of the molecule is c1ccc(-c2cc3c(s2)CCN2Cc4ccccc4CC32)cc1. The zero-order chi connectivity index (χ0) is 15.2. The van der Waals surface area contributed by atoms with E-state index in [1.165, 1.54) is 34.5 Å². The molecule has 1 unspecified atom stereocenters. The van der Waals surface area contributed by atoms with Crippen molar-refractivity contribution in [2.24, 2.45) is 0 Å². The van der Waals surface area contributed by atoms with Crippen molar-refractivity contribution in [2.45, 2.75) is 25.4 Å². The third kappa shape index (κ3) is 2.25. The van der Waals surface area contributed by atoms with E-state index in [0.717, 1.165) is 13.0 Å². The summed E-state index contributed by atoms with van der Waals surface area (Å²) < 4.78 is 0. The lowest BCUT2D eigenvalue weighted by molar-refractivity contribution is 0.162. The van der Waals surface area contributed by atoms with Gasteiger partial charge in [0, 0.05) is 28.9 Å². The summed E-state index contributed by atoms with van der Waals surface area (Å²) in [7, 11) is 0. The fourth-order valence-corrected chi connectivity index (χ4v) is 5.24. The van der Waals surface area contributed by atoms with E-state index in [1.54, 1.807) is 10.4 Å². The van der Waals surface area contributed by atoms with Crippen molar-refractivity contribution < 1.29 is 0 Å². The van der Waals surface area contributed by atoms with Gasteiger partial charge >= 0.3 is 0 Å². The highest BCUT2D eigenvalue weighted by Gasteiger charge is 2.33. The number of fused-ring (bicyclic) bond motifs is 4. The summed E-state index contributed by atoms with van der Waals surface area (Å²) in [5.41, 5.74) is 5.99. The molecule has 23 heavy (non-hydrogen) atoms. The van der Waals surface area contributed by atoms with Crippen LogP contribution in [-0.4, -0.2) is 11.4 Å². The Morgan fingerprint density at radius 1 is 0.913 bits per heavy atom. The van der Waals surface area contributed by atoms with Crippen LogP contribution in [0.4, 0.5) is 0 Å². The van der Waals surface area contributed by atoms with Gasteiger partial charge in [-0.25, -0.2) is 0 Å². The minimum atomic E-state index is 0.572. The summed E-state index contributed by atoms with van der Waals surface area (Å²) in [5, 5.41) is 0. The number of nitrogens with zero attached hydrogens (tertiary/aromatic N) is 1. The van der Waals surface area contributed by atoms with Crippen LogP contribution in [-0.2, 0) is 19.4 Å². The quantitative estimate of drug-likeness (QED) is 0.605. The molecule has 3 aromatic rings. The normalized spacial score (nSPS) is 19.7. The predicted octanol–water partition coefficient (Wildman–Crippen LogP) is 5.07. The van der Waals surface area contributed by atoms with Crippen molar-refractivity contribution in [3.63, 3.8) is 0 Å². The van der Waals surface area contributed by atoms with Gasteiger partial charge in [0.1, 0.15) is 0 Å². The van der Waals surface area contributed by atoms with Gasteiger partial charge in [-0.2, -0.15) is 0 Å². The molecule has 1 nitrogen and oxygen atoms in total. The van der Waals surface area contributed by atoms with Crippen LogP contribution in [0.15, 0.2) is 60.7 Å². The Kier molecular flexibility index (Phi) is 3.13. The van der Waals surface area contributed by atoms with E-state index >= 15 is 0 Å². The third-order valence-corrected chi connectivity index (χ3v) is 6.49. The van der Waals surface area contributed by atoms with Crippen molar-refractivity contribution in [3.05, 3.63) is 82.2 Å². The molecule has 1 aromatic heterocycles. The zero-order valence-corrected chi connectivity index (χ0v) is 13.9. The second kappa shape index (κ2) is 5.33. The molecule has 0 fully saturated rings. The Bertz CT molecular complexity index is 849. The second-order valence-corrected chi connectivity index (χ2v) is 7.70. The zero-order valence-electron chi connectivity index (χ0n) is 13.0. The highest BCUT2D eigenvalue weighted by Crippen LogP contribution is 2.43. The molecule has 5 rings (SSSR count). The minimum Gasteiger partial charge on any atom is -0.291 e. The average molecular weight is 317 g/mol. The molecular weight excluding hydrogens is 298 g/mol. The summed E-state index contributed by atoms with van der Waals surface area (Å²) in [5.74, 6) is 0. The lowest BCUT2D eigenvalue weighted by Crippen LogP contribution is -2.38. The molecule has 3 heterocycles. The first kappa shape index (κ1) is 13.5. The Balaban J connectivity index is 1.55. The van der Waals surface area contributed by atoms with E-state index in [0.29, 0.717) is 6.04 Å². The van der Waals surface area contributed by atoms with E-state index in [4.69, 9.17) is 0 Å². The van der Waals surface area contributed by atoms with Gasteiger partial charge < -0.3 is 0 Å². The third-order valence-electron chi connectivity index (χ3n) is 5.23. The van der Waals surface area contributed by atoms with Gasteiger partial charge in [0.15, 0.2) is 0 Å². The first-order valence-corrected chi connectivity index (χ1v) is 9.19. The van der Waals surface area contributed by atoms with E-state index in [9.17, 15) is 0 Å². The number of hydrogen-bond donors (Lipinski definition) is 0. The molecule has 1 atom stereocenters. The van der Waals surface area contributed by atoms with Gasteiger partial charge in [-0.15, -0.1) is 11.3 Å². The van der Waals surface area contributed by atoms with Crippen molar-refractivity contribution in [1.29, 1.82) is 0 Å². The molecule has 0 saturated carbocycles. The van der Waals surface area contributed by atoms with Crippen LogP contribution in [0.1, 0.15) is 27.6 Å². The maximum Gasteiger partial charge on any atom is 0.0403 e. The Morgan fingerprint density at radius 2 is 1.70 bits per heavy atom. The maximum atomic E-state index is 2.67. The maximum absolute atomic E-state index is 2.67. The lowest BCUT2D eigenvalue weighted by Gasteiger charge is -2.40. The highest BCUT2D eigenvalue weighted by molar-refractivity contribution is 7.15. The van der Waals surface area contributed by atoms with Crippen LogP contribution >= 0.6 is 11.3 Å². The fourth-order valence-electron chi connectivity index (χ4n) is 4.03. The van der Waals surface area contributed by atoms with Crippen LogP contribution in [0.5, 0.6) is 0 Å². The molecule has 0 amide bonds. The summed E-state index contributed by atoms with van der Waals surface area (Å²) in [6.45, 7) is 2.30. The summed E-state index contributed by atoms with van der Waals surface area (Å²) in [6.07, 6.45) is 2.36. The van der Waals surface area contributed by atoms with Gasteiger partial charge in [-0.3, -0.25) is 4.90 Å². The number of benzene rings is 2. The van der Waals surface area contributed by atoms with E-state index < -0.39 is 0 Å². The van der Waals surface area contributed by atoms with Gasteiger partial charge in [0.25, 0.3) is 0 Å². The minimum absolute atomic E-state index is 0.572. The molecular formula is C21H19NS. The Labute approximate surface area is 141 Å². The number of rotatable bonds is 1. The van der Waals surface area contributed by atoms with Crippen LogP contribution in [0.25, 0.3) is 10.4 Å². The van der Waals surface area contributed by atoms with Gasteiger partial charge in [-0.05, 0) is 41.2 Å². The van der Waals surface area contributed by atoms with E-state index in [1.807, 2.05) is 11.3 Å². The monoisotopic (exact) mass is 317 g/mol. The average Bonchev–Trinajstić information content (AvgIpc) is 3.05. The van der Waals surface area contributed by atoms with E-state index in [-0.39, 0.29) is 0 Å². The smallest absolute Gasteiger partial charge is 0.0403 e. The summed E-state index contributed by atoms with van der Waals surface area (Å²) in [6, 6.07) is 22.8. The molecule has 0 aliphatic carbocycles. The highest BCUT2D eigenvalue weighted by atomic mass is 32.1. The molecule has 0 spiro atoms. The van der Waals surface area contributed by atoms with E-state index in [2.05, 4.69) is 65.6 Å². The first-order valence-electron chi connectivity index (χ1n) is 8.37. The Hall–Kier alpha value is -1.90. The van der Waals surface area contributed by atoms with Crippen LogP contribution < -0.4 is 0 Å². The first-order chi connectivity index (χ1) is 11.4. The van der Waals surface area contributed by atoms with Crippen molar-refractivity contribution >= 4 is 11.3 Å². The second-order valence-electron chi connectivity index (χ2n) is 6.56. The molecule has 0 bridgehead atoms. The van der Waals surface area contributed by atoms with Crippen molar-refractivity contribution in [2.75, 3.05) is 6.54 Å². The molecule has 0 saturated heterocycles. The predicted molar refractivity (Wildman–Crippen MR) is 96.8 cm³/mol. The Morgan fingerprint density at radius 3 is 2.57 bits per heavy atom. The topological polar surface area (TPSA) is 3.24 Å². The van der Waals surface area contributed by atoms with Gasteiger partial charge in [0.05, 0.1) is 0 Å². The fraction of sp³-hybridized carbons (Fsp3) is 0.238. The van der Waals surface area contributed by atoms with Gasteiger partial charge in [0.2, 0.25) is 0 Å². The molecule has 0 radical (unpaired) electrons. The summed E-state index contributed by atoms with van der Waals surface area (Å²) in [4.78, 5) is 5.70. The van der Waals surface area contributed by atoms with Crippen LogP contribution in [0.3, 0.4) is 0 Å². The molecule has 2 heteroatoms. The van der Waals surface area contributed by atoms with Crippen LogP contribution in [0, 0.1) is 0 Å². The standard InChI is InChI=1S/C21H19NS/c1-2-6-15(7-3-1)21-13-18-19-12-16-8-4-5-9-17(16)14-22(19)11-10-20(18)23-21/h1-9,13,19H,10-12,14H2.